The summed E-state index contributed by atoms with van der Waals surface area (Å²) in [6.45, 7) is 0. The summed E-state index contributed by atoms with van der Waals surface area (Å²) in [6.07, 6.45) is 0. The molecule has 1 aliphatic carbocycles. The molecule has 1 aliphatic heterocycles. The summed E-state index contributed by atoms with van der Waals surface area (Å²) in [5, 5.41) is 11.0. The zero-order valence-electron chi connectivity index (χ0n) is 34.2. The molecule has 296 valence electrons. The molecule has 3 aromatic heterocycles. The van der Waals surface area contributed by atoms with Crippen LogP contribution < -0.4 is 0 Å². The van der Waals surface area contributed by atoms with Crippen molar-refractivity contribution in [2.45, 2.75) is 15.2 Å². The highest BCUT2D eigenvalue weighted by atomic mass is 32.2. The van der Waals surface area contributed by atoms with Gasteiger partial charge in [0.1, 0.15) is 0 Å². The molecular formula is C59H33N3S2. The third-order valence-electron chi connectivity index (χ3n) is 14.1. The van der Waals surface area contributed by atoms with Crippen LogP contribution in [0.1, 0.15) is 22.3 Å². The number of hydrogen-bond acceptors (Lipinski definition) is 4. The van der Waals surface area contributed by atoms with Crippen LogP contribution in [0.5, 0.6) is 0 Å². The van der Waals surface area contributed by atoms with Crippen molar-refractivity contribution in [3.63, 3.8) is 0 Å². The lowest BCUT2D eigenvalue weighted by Gasteiger charge is -2.39. The molecule has 0 amide bonds. The largest absolute Gasteiger partial charge is 0.278 e. The van der Waals surface area contributed by atoms with Gasteiger partial charge >= 0.3 is 0 Å². The predicted molar refractivity (Wildman–Crippen MR) is 269 cm³/mol. The summed E-state index contributed by atoms with van der Waals surface area (Å²) in [5.41, 5.74) is 12.7. The Labute approximate surface area is 375 Å². The Morgan fingerprint density at radius 3 is 1.70 bits per heavy atom. The number of aromatic nitrogens is 3. The molecule has 0 saturated heterocycles. The average Bonchev–Trinajstić information content (AvgIpc) is 3.99. The molecule has 0 N–H and O–H groups in total. The summed E-state index contributed by atoms with van der Waals surface area (Å²) in [6, 6.07) is 74.1. The van der Waals surface area contributed by atoms with Gasteiger partial charge in [-0.25, -0.2) is 9.97 Å². The third kappa shape index (κ3) is 4.47. The minimum atomic E-state index is -0.467. The average molecular weight is 848 g/mol. The molecule has 0 bridgehead atoms. The molecule has 0 unspecified atom stereocenters. The molecule has 4 heterocycles. The van der Waals surface area contributed by atoms with Gasteiger partial charge in [0.25, 0.3) is 0 Å². The summed E-state index contributed by atoms with van der Waals surface area (Å²) in [7, 11) is 0. The van der Waals surface area contributed by atoms with Gasteiger partial charge in [0.05, 0.1) is 32.4 Å². The molecule has 64 heavy (non-hydrogen) atoms. The second kappa shape index (κ2) is 12.8. The summed E-state index contributed by atoms with van der Waals surface area (Å²) in [4.78, 5) is 13.8. The summed E-state index contributed by atoms with van der Waals surface area (Å²) >= 11 is 3.66. The highest BCUT2D eigenvalue weighted by molar-refractivity contribution is 7.99. The number of para-hydroxylation sites is 1. The Balaban J connectivity index is 1.04. The fraction of sp³-hybridized carbons (Fsp3) is 0.0169. The number of benzene rings is 10. The maximum absolute atomic E-state index is 5.69. The highest BCUT2D eigenvalue weighted by Gasteiger charge is 2.50. The van der Waals surface area contributed by atoms with Crippen molar-refractivity contribution < 1.29 is 0 Å². The first-order valence-corrected chi connectivity index (χ1v) is 23.4. The lowest BCUT2D eigenvalue weighted by molar-refractivity contribution is 0.724. The van der Waals surface area contributed by atoms with Crippen molar-refractivity contribution >= 4 is 97.5 Å². The quantitative estimate of drug-likeness (QED) is 0.162. The van der Waals surface area contributed by atoms with Crippen molar-refractivity contribution in [1.29, 1.82) is 0 Å². The molecule has 5 heteroatoms. The number of nitrogens with zero attached hydrogens (tertiary/aromatic N) is 3. The fourth-order valence-corrected chi connectivity index (χ4v) is 13.8. The van der Waals surface area contributed by atoms with E-state index in [9.17, 15) is 0 Å². The van der Waals surface area contributed by atoms with Gasteiger partial charge in [0, 0.05) is 36.2 Å². The van der Waals surface area contributed by atoms with Gasteiger partial charge in [-0.05, 0) is 102 Å². The van der Waals surface area contributed by atoms with Crippen LogP contribution in [0.2, 0.25) is 0 Å². The SMILES string of the molecule is c1ccc2c(c1)Sc1cc3c(cc1C21c2ccccc2-c2ccccc21)c1ccccc1n3-c1nc(-c2ccc3c4ccccc4c4ccccc4c3c2)c2sc3ccccc3c2n1. The van der Waals surface area contributed by atoms with Crippen LogP contribution in [-0.2, 0) is 5.41 Å². The van der Waals surface area contributed by atoms with Gasteiger partial charge in [0.2, 0.25) is 5.95 Å². The standard InChI is InChI=1S/C59H33N3S2/c1-2-17-37-35(15-1)36-16-3-4-18-38(36)44-31-34(29-30-39(37)44)55-57-56(43-22-8-13-27-52(43)64-57)61-58(60-55)62-50-26-12-7-21-42(50)45-32-49-54(33-51(45)62)63-53-28-14-11-25-48(53)59(49)46-23-9-5-19-40(46)41-20-6-10-24-47(41)59/h1-33H. The van der Waals surface area contributed by atoms with Crippen molar-refractivity contribution in [3.05, 3.63) is 222 Å². The normalized spacial score (nSPS) is 13.7. The van der Waals surface area contributed by atoms with Crippen LogP contribution in [-0.4, -0.2) is 14.5 Å². The molecule has 2 aliphatic rings. The third-order valence-corrected chi connectivity index (χ3v) is 16.4. The smallest absolute Gasteiger partial charge is 0.235 e. The van der Waals surface area contributed by atoms with E-state index < -0.39 is 5.41 Å². The zero-order valence-corrected chi connectivity index (χ0v) is 35.8. The molecular weight excluding hydrogens is 815 g/mol. The van der Waals surface area contributed by atoms with Gasteiger partial charge in [-0.1, -0.05) is 176 Å². The van der Waals surface area contributed by atoms with E-state index in [0.717, 1.165) is 37.9 Å². The number of thiophene rings is 1. The van der Waals surface area contributed by atoms with Crippen LogP contribution in [0.15, 0.2) is 210 Å². The van der Waals surface area contributed by atoms with Gasteiger partial charge in [-0.2, -0.15) is 0 Å². The van der Waals surface area contributed by atoms with Crippen molar-refractivity contribution in [1.82, 2.24) is 14.5 Å². The maximum Gasteiger partial charge on any atom is 0.235 e. The Morgan fingerprint density at radius 2 is 0.969 bits per heavy atom. The van der Waals surface area contributed by atoms with Crippen molar-refractivity contribution in [2.75, 3.05) is 0 Å². The topological polar surface area (TPSA) is 30.7 Å². The Bertz CT molecular complexity index is 4110. The van der Waals surface area contributed by atoms with E-state index in [4.69, 9.17) is 9.97 Å². The Hall–Kier alpha value is -7.57. The molecule has 0 saturated carbocycles. The van der Waals surface area contributed by atoms with Crippen LogP contribution in [0.4, 0.5) is 0 Å². The summed E-state index contributed by atoms with van der Waals surface area (Å²) < 4.78 is 4.63. The fourth-order valence-electron chi connectivity index (χ4n) is 11.5. The first kappa shape index (κ1) is 35.0. The van der Waals surface area contributed by atoms with Crippen LogP contribution >= 0.6 is 23.1 Å². The number of rotatable bonds is 2. The lowest BCUT2D eigenvalue weighted by Crippen LogP contribution is -2.32. The Morgan fingerprint density at radius 1 is 0.391 bits per heavy atom. The second-order valence-corrected chi connectivity index (χ2v) is 19.3. The molecule has 3 nitrogen and oxygen atoms in total. The molecule has 10 aromatic carbocycles. The number of hydrogen-bond donors (Lipinski definition) is 0. The zero-order chi connectivity index (χ0) is 41.7. The van der Waals surface area contributed by atoms with Gasteiger partial charge < -0.3 is 0 Å². The van der Waals surface area contributed by atoms with Gasteiger partial charge in [-0.15, -0.1) is 11.3 Å². The molecule has 13 aromatic rings. The Kier molecular flexibility index (Phi) is 6.97. The molecule has 0 fully saturated rings. The number of fused-ring (bicyclic) bond motifs is 21. The minimum Gasteiger partial charge on any atom is -0.278 e. The van der Waals surface area contributed by atoms with E-state index in [0.29, 0.717) is 5.95 Å². The second-order valence-electron chi connectivity index (χ2n) is 17.2. The minimum absolute atomic E-state index is 0.467. The first-order valence-electron chi connectivity index (χ1n) is 21.8. The van der Waals surface area contributed by atoms with E-state index in [1.165, 1.54) is 91.0 Å². The molecule has 1 spiro atoms. The van der Waals surface area contributed by atoms with E-state index in [-0.39, 0.29) is 0 Å². The predicted octanol–water partition coefficient (Wildman–Crippen LogP) is 15.9. The van der Waals surface area contributed by atoms with E-state index in [1.807, 2.05) is 11.8 Å². The van der Waals surface area contributed by atoms with Gasteiger partial charge in [-0.3, -0.25) is 4.57 Å². The van der Waals surface area contributed by atoms with Crippen LogP contribution in [0, 0.1) is 0 Å². The maximum atomic E-state index is 5.69. The summed E-state index contributed by atoms with van der Waals surface area (Å²) in [5.74, 6) is 0.674. The van der Waals surface area contributed by atoms with E-state index in [1.54, 1.807) is 11.3 Å². The van der Waals surface area contributed by atoms with Crippen molar-refractivity contribution in [2.24, 2.45) is 0 Å². The monoisotopic (exact) mass is 847 g/mol. The lowest BCUT2D eigenvalue weighted by atomic mass is 9.67. The molecule has 0 radical (unpaired) electrons. The van der Waals surface area contributed by atoms with E-state index in [2.05, 4.69) is 205 Å². The van der Waals surface area contributed by atoms with Crippen LogP contribution in [0.25, 0.3) is 103 Å². The van der Waals surface area contributed by atoms with Crippen LogP contribution in [0.3, 0.4) is 0 Å². The van der Waals surface area contributed by atoms with E-state index >= 15 is 0 Å². The van der Waals surface area contributed by atoms with Gasteiger partial charge in [0.15, 0.2) is 0 Å². The van der Waals surface area contributed by atoms with Crippen molar-refractivity contribution in [3.8, 4) is 28.3 Å². The first-order chi connectivity index (χ1) is 31.7. The molecule has 0 atom stereocenters. The molecule has 15 rings (SSSR count). The highest BCUT2D eigenvalue weighted by Crippen LogP contribution is 2.63.